The van der Waals surface area contributed by atoms with Crippen LogP contribution < -0.4 is 16.0 Å². The van der Waals surface area contributed by atoms with E-state index in [4.69, 9.17) is 14.2 Å². The van der Waals surface area contributed by atoms with E-state index in [-0.39, 0.29) is 5.56 Å². The number of benzene rings is 1. The molecule has 1 aromatic carbocycles. The predicted octanol–water partition coefficient (Wildman–Crippen LogP) is 0.546. The van der Waals surface area contributed by atoms with Gasteiger partial charge in [-0.15, -0.1) is 0 Å². The third-order valence-corrected chi connectivity index (χ3v) is 4.31. The Balaban J connectivity index is 1.38. The Labute approximate surface area is 161 Å². The maximum absolute atomic E-state index is 12.3. The maximum Gasteiger partial charge on any atom is 0.332 e. The lowest BCUT2D eigenvalue weighted by molar-refractivity contribution is 0.0342. The molecule has 0 bridgehead atoms. The van der Waals surface area contributed by atoms with Gasteiger partial charge < -0.3 is 18.8 Å². The second-order valence-electron chi connectivity index (χ2n) is 6.20. The van der Waals surface area contributed by atoms with Crippen molar-refractivity contribution in [3.63, 3.8) is 0 Å². The molecule has 3 rings (SSSR count). The van der Waals surface area contributed by atoms with Gasteiger partial charge in [0.1, 0.15) is 12.4 Å². The molecule has 3 aromatic rings. The van der Waals surface area contributed by atoms with Crippen LogP contribution >= 0.6 is 0 Å². The van der Waals surface area contributed by atoms with Crippen LogP contribution in [0.25, 0.3) is 11.2 Å². The first-order valence-electron chi connectivity index (χ1n) is 9.04. The Kier molecular flexibility index (Phi) is 6.62. The topological polar surface area (TPSA) is 89.5 Å². The van der Waals surface area contributed by atoms with Crippen LogP contribution in [-0.2, 0) is 30.1 Å². The second-order valence-corrected chi connectivity index (χ2v) is 6.20. The maximum atomic E-state index is 12.3. The first-order chi connectivity index (χ1) is 13.6. The average Bonchev–Trinajstić information content (AvgIpc) is 3.14. The van der Waals surface area contributed by atoms with Crippen LogP contribution in [0, 0.1) is 0 Å². The van der Waals surface area contributed by atoms with Gasteiger partial charge in [-0.2, -0.15) is 0 Å². The zero-order valence-electron chi connectivity index (χ0n) is 16.0. The highest BCUT2D eigenvalue weighted by atomic mass is 16.5. The summed E-state index contributed by atoms with van der Waals surface area (Å²) >= 11 is 0. The Morgan fingerprint density at radius 3 is 2.32 bits per heavy atom. The predicted molar refractivity (Wildman–Crippen MR) is 104 cm³/mol. The van der Waals surface area contributed by atoms with E-state index in [9.17, 15) is 9.59 Å². The van der Waals surface area contributed by atoms with Gasteiger partial charge in [0, 0.05) is 20.6 Å². The average molecular weight is 388 g/mol. The Morgan fingerprint density at radius 1 is 0.893 bits per heavy atom. The third kappa shape index (κ3) is 4.49. The van der Waals surface area contributed by atoms with Gasteiger partial charge in [0.2, 0.25) is 0 Å². The van der Waals surface area contributed by atoms with Gasteiger partial charge in [-0.3, -0.25) is 13.9 Å². The highest BCUT2D eigenvalue weighted by molar-refractivity contribution is 5.69. The molecule has 0 aliphatic heterocycles. The molecule has 0 atom stereocenters. The normalized spacial score (nSPS) is 11.2. The lowest BCUT2D eigenvalue weighted by atomic mass is 10.3. The van der Waals surface area contributed by atoms with Crippen LogP contribution in [-0.4, -0.2) is 51.7 Å². The molecular weight excluding hydrogens is 364 g/mol. The van der Waals surface area contributed by atoms with Crippen LogP contribution in [0.2, 0.25) is 0 Å². The van der Waals surface area contributed by atoms with E-state index < -0.39 is 5.69 Å². The molecule has 2 aromatic heterocycles. The number of imidazole rings is 1. The van der Waals surface area contributed by atoms with E-state index in [1.807, 2.05) is 30.3 Å². The number of aryl methyl sites for hydroxylation is 1. The molecule has 0 radical (unpaired) electrons. The minimum absolute atomic E-state index is 0.364. The van der Waals surface area contributed by atoms with E-state index in [1.165, 1.54) is 11.6 Å². The summed E-state index contributed by atoms with van der Waals surface area (Å²) in [7, 11) is 3.05. The fourth-order valence-corrected chi connectivity index (χ4v) is 2.79. The molecule has 0 N–H and O–H groups in total. The molecule has 9 nitrogen and oxygen atoms in total. The smallest absolute Gasteiger partial charge is 0.332 e. The standard InChI is InChI=1S/C19H24N4O5/c1-21-17-16(18(24)22(2)19(21)25)23(14-20-17)8-9-26-10-11-27-12-13-28-15-6-4-3-5-7-15/h3-7,14H,8-13H2,1-2H3. The number of ether oxygens (including phenoxy) is 3. The van der Waals surface area contributed by atoms with Gasteiger partial charge in [0.05, 0.1) is 32.8 Å². The highest BCUT2D eigenvalue weighted by Crippen LogP contribution is 2.07. The van der Waals surface area contributed by atoms with Crippen molar-refractivity contribution in [2.24, 2.45) is 14.1 Å². The minimum atomic E-state index is -0.396. The first kappa shape index (κ1) is 19.8. The summed E-state index contributed by atoms with van der Waals surface area (Å²) in [6.07, 6.45) is 1.55. The third-order valence-electron chi connectivity index (χ3n) is 4.31. The van der Waals surface area contributed by atoms with Gasteiger partial charge in [-0.25, -0.2) is 9.78 Å². The fraction of sp³-hybridized carbons (Fsp3) is 0.421. The number of hydrogen-bond acceptors (Lipinski definition) is 6. The van der Waals surface area contributed by atoms with Gasteiger partial charge >= 0.3 is 5.69 Å². The molecule has 150 valence electrons. The lowest BCUT2D eigenvalue weighted by Gasteiger charge is -2.09. The fourth-order valence-electron chi connectivity index (χ4n) is 2.79. The molecule has 0 unspecified atom stereocenters. The van der Waals surface area contributed by atoms with Crippen LogP contribution in [0.4, 0.5) is 0 Å². The molecular formula is C19H24N4O5. The van der Waals surface area contributed by atoms with E-state index in [2.05, 4.69) is 4.98 Å². The van der Waals surface area contributed by atoms with Crippen molar-refractivity contribution >= 4 is 11.2 Å². The molecule has 0 saturated heterocycles. The summed E-state index contributed by atoms with van der Waals surface area (Å²) in [5.74, 6) is 0.818. The minimum Gasteiger partial charge on any atom is -0.491 e. The summed E-state index contributed by atoms with van der Waals surface area (Å²) in [5.41, 5.74) is 0.00195. The van der Waals surface area contributed by atoms with Gasteiger partial charge in [0.15, 0.2) is 11.2 Å². The van der Waals surface area contributed by atoms with Crippen molar-refractivity contribution in [3.05, 3.63) is 57.5 Å². The van der Waals surface area contributed by atoms with E-state index in [0.29, 0.717) is 50.7 Å². The summed E-state index contributed by atoms with van der Waals surface area (Å²) < 4.78 is 20.7. The Bertz CT molecular complexity index is 1020. The van der Waals surface area contributed by atoms with Gasteiger partial charge in [0.25, 0.3) is 5.56 Å². The molecule has 0 fully saturated rings. The zero-order chi connectivity index (χ0) is 19.9. The molecule has 2 heterocycles. The lowest BCUT2D eigenvalue weighted by Crippen LogP contribution is -2.37. The molecule has 28 heavy (non-hydrogen) atoms. The van der Waals surface area contributed by atoms with Crippen LogP contribution in [0.1, 0.15) is 0 Å². The number of hydrogen-bond donors (Lipinski definition) is 0. The zero-order valence-corrected chi connectivity index (χ0v) is 16.0. The summed E-state index contributed by atoms with van der Waals surface area (Å²) in [6, 6.07) is 9.57. The largest absolute Gasteiger partial charge is 0.491 e. The molecule has 0 aliphatic rings. The van der Waals surface area contributed by atoms with Crippen molar-refractivity contribution in [1.82, 2.24) is 18.7 Å². The summed E-state index contributed by atoms with van der Waals surface area (Å²) in [6.45, 7) is 2.72. The first-order valence-corrected chi connectivity index (χ1v) is 9.04. The van der Waals surface area contributed by atoms with Crippen molar-refractivity contribution < 1.29 is 14.2 Å². The second kappa shape index (κ2) is 9.34. The molecule has 0 amide bonds. The van der Waals surface area contributed by atoms with E-state index >= 15 is 0 Å². The van der Waals surface area contributed by atoms with E-state index in [0.717, 1.165) is 10.3 Å². The van der Waals surface area contributed by atoms with Crippen LogP contribution in [0.5, 0.6) is 5.75 Å². The van der Waals surface area contributed by atoms with E-state index in [1.54, 1.807) is 17.9 Å². The summed E-state index contributed by atoms with van der Waals surface area (Å²) in [5, 5.41) is 0. The highest BCUT2D eigenvalue weighted by Gasteiger charge is 2.13. The number of para-hydroxylation sites is 1. The van der Waals surface area contributed by atoms with Crippen molar-refractivity contribution in [2.45, 2.75) is 6.54 Å². The van der Waals surface area contributed by atoms with Crippen molar-refractivity contribution in [3.8, 4) is 5.75 Å². The SMILES string of the molecule is Cn1c(=O)c2c(ncn2CCOCCOCCOc2ccccc2)n(C)c1=O. The van der Waals surface area contributed by atoms with Crippen LogP contribution in [0.3, 0.4) is 0 Å². The van der Waals surface area contributed by atoms with Gasteiger partial charge in [-0.1, -0.05) is 18.2 Å². The molecule has 0 spiro atoms. The number of aromatic nitrogens is 4. The number of fused-ring (bicyclic) bond motifs is 1. The van der Waals surface area contributed by atoms with Gasteiger partial charge in [-0.05, 0) is 12.1 Å². The number of nitrogens with zero attached hydrogens (tertiary/aromatic N) is 4. The monoisotopic (exact) mass is 388 g/mol. The Hall–Kier alpha value is -2.91. The van der Waals surface area contributed by atoms with Crippen LogP contribution in [0.15, 0.2) is 46.2 Å². The van der Waals surface area contributed by atoms with Crippen molar-refractivity contribution in [2.75, 3.05) is 33.0 Å². The molecule has 0 saturated carbocycles. The number of rotatable bonds is 10. The quantitative estimate of drug-likeness (QED) is 0.471. The van der Waals surface area contributed by atoms with Crippen molar-refractivity contribution in [1.29, 1.82) is 0 Å². The summed E-state index contributed by atoms with van der Waals surface area (Å²) in [4.78, 5) is 28.4. The molecule has 9 heteroatoms. The Morgan fingerprint density at radius 2 is 1.57 bits per heavy atom. The molecule has 0 aliphatic carbocycles.